The number of carbonyl (C=O) groups is 2. The Bertz CT molecular complexity index is 1600. The molecule has 0 radical (unpaired) electrons. The van der Waals surface area contributed by atoms with Crippen molar-refractivity contribution < 1.29 is 48.6 Å². The number of aliphatic hydroxyl groups excluding tert-OH is 2. The topological polar surface area (TPSA) is 246 Å². The summed E-state index contributed by atoms with van der Waals surface area (Å²) in [7, 11) is 0. The van der Waals surface area contributed by atoms with Crippen molar-refractivity contribution in [1.82, 2.24) is 21.3 Å². The summed E-state index contributed by atoms with van der Waals surface area (Å²) in [6.07, 6.45) is 1.01. The molecule has 19 heteroatoms. The van der Waals surface area contributed by atoms with Gasteiger partial charge < -0.3 is 50.4 Å². The lowest BCUT2D eigenvalue weighted by molar-refractivity contribution is -0.385. The number of nitrogens with zero attached hydrogens (tertiary/aromatic N) is 2. The zero-order chi connectivity index (χ0) is 35.8. The van der Waals surface area contributed by atoms with Crippen molar-refractivity contribution in [3.63, 3.8) is 0 Å². The minimum absolute atomic E-state index is 0.00535. The van der Waals surface area contributed by atoms with Crippen LogP contribution < -0.4 is 40.2 Å². The summed E-state index contributed by atoms with van der Waals surface area (Å²) in [5.41, 5.74) is -0.571. The largest absolute Gasteiger partial charge is 0.489 e. The highest BCUT2D eigenvalue weighted by Gasteiger charge is 2.32. The molecule has 0 aliphatic carbocycles. The minimum Gasteiger partial charge on any atom is -0.489 e. The molecule has 2 aromatic carbocycles. The number of ether oxygens (including phenoxy) is 4. The number of amides is 2. The monoisotopic (exact) mass is 722 g/mol. The van der Waals surface area contributed by atoms with Gasteiger partial charge in [-0.1, -0.05) is 11.6 Å². The molecule has 18 nitrogen and oxygen atoms in total. The maximum atomic E-state index is 12.6. The molecule has 2 saturated heterocycles. The Morgan fingerprint density at radius 1 is 0.780 bits per heavy atom. The number of benzene rings is 2. The lowest BCUT2D eigenvalue weighted by Gasteiger charge is -2.28. The van der Waals surface area contributed by atoms with E-state index < -0.39 is 39.6 Å². The summed E-state index contributed by atoms with van der Waals surface area (Å²) in [5.74, 6) is -0.604. The van der Waals surface area contributed by atoms with Crippen molar-refractivity contribution in [1.29, 1.82) is 0 Å². The molecule has 6 N–H and O–H groups in total. The van der Waals surface area contributed by atoms with Crippen LogP contribution in [-0.2, 0) is 0 Å². The van der Waals surface area contributed by atoms with Crippen molar-refractivity contribution in [2.45, 2.75) is 31.5 Å². The maximum Gasteiger partial charge on any atom is 0.292 e. The zero-order valence-electron chi connectivity index (χ0n) is 27.0. The summed E-state index contributed by atoms with van der Waals surface area (Å²) in [4.78, 5) is 46.2. The lowest BCUT2D eigenvalue weighted by atomic mass is 9.95. The quantitative estimate of drug-likeness (QED) is 0.166. The standard InChI is InChI=1S/C16H21N3O6.C15H18ClN3O6/c20-13-9-17-3-2-10(13)8-18-16(21)12-6-11(19(22)23)7-14-15(12)25-5-1-4-24-14;16-12-10(19(22)23)5-9(13-14(12)25-4-3-24-13)15(21)18-6-8-1-2-17-7-11(8)20/h6-7,10,13,17,20H,1-5,8-9H2,(H,18,21);5,8,11,17,20H,1-4,6-7H2,(H,18,21)/t10-,13+;8-,11+/m00/s1. The van der Waals surface area contributed by atoms with E-state index in [1.54, 1.807) is 0 Å². The van der Waals surface area contributed by atoms with Gasteiger partial charge in [-0.2, -0.15) is 0 Å². The Labute approximate surface area is 291 Å². The molecule has 4 aliphatic heterocycles. The summed E-state index contributed by atoms with van der Waals surface area (Å²) >= 11 is 6.00. The van der Waals surface area contributed by atoms with Gasteiger partial charge in [0.15, 0.2) is 28.0 Å². The highest BCUT2D eigenvalue weighted by molar-refractivity contribution is 6.34. The number of halogens is 1. The van der Waals surface area contributed by atoms with Crippen molar-refractivity contribution in [2.24, 2.45) is 11.8 Å². The van der Waals surface area contributed by atoms with Crippen LogP contribution in [0, 0.1) is 32.1 Å². The van der Waals surface area contributed by atoms with Crippen LogP contribution in [0.3, 0.4) is 0 Å². The average Bonchev–Trinajstić information content (AvgIpc) is 3.36. The van der Waals surface area contributed by atoms with Gasteiger partial charge in [0, 0.05) is 56.6 Å². The molecular weight excluding hydrogens is 684 g/mol. The Hall–Kier alpha value is -4.49. The number of nitro groups is 2. The minimum atomic E-state index is -0.673. The summed E-state index contributed by atoms with van der Waals surface area (Å²) in [6.45, 7) is 4.20. The van der Waals surface area contributed by atoms with Crippen LogP contribution in [0.4, 0.5) is 11.4 Å². The van der Waals surface area contributed by atoms with Gasteiger partial charge in [0.2, 0.25) is 0 Å². The van der Waals surface area contributed by atoms with E-state index in [1.165, 1.54) is 12.1 Å². The van der Waals surface area contributed by atoms with Crippen LogP contribution in [0.15, 0.2) is 18.2 Å². The van der Waals surface area contributed by atoms with Gasteiger partial charge in [-0.25, -0.2) is 0 Å². The molecule has 2 aromatic rings. The first kappa shape index (κ1) is 36.8. The van der Waals surface area contributed by atoms with E-state index in [1.807, 2.05) is 0 Å². The number of β-amino-alcohol motifs (C(OH)–C–C–N with tert-alkyl or cyclic N) is 2. The van der Waals surface area contributed by atoms with Gasteiger partial charge in [-0.3, -0.25) is 29.8 Å². The number of rotatable bonds is 8. The second-order valence-electron chi connectivity index (χ2n) is 12.1. The number of carbonyl (C=O) groups excluding carboxylic acids is 2. The Morgan fingerprint density at radius 3 is 1.88 bits per heavy atom. The lowest BCUT2D eigenvalue weighted by Crippen LogP contribution is -2.45. The summed E-state index contributed by atoms with van der Waals surface area (Å²) in [5, 5.41) is 53.6. The molecular formula is C31H39ClN6O12. The molecule has 2 amide bonds. The number of fused-ring (bicyclic) bond motifs is 2. The second-order valence-corrected chi connectivity index (χ2v) is 12.4. The van der Waals surface area contributed by atoms with E-state index in [0.717, 1.165) is 32.0 Å². The van der Waals surface area contributed by atoms with Gasteiger partial charge in [-0.05, 0) is 25.9 Å². The third kappa shape index (κ3) is 8.80. The van der Waals surface area contributed by atoms with Crippen molar-refractivity contribution in [3.05, 3.63) is 54.6 Å². The first-order valence-electron chi connectivity index (χ1n) is 16.2. The molecule has 50 heavy (non-hydrogen) atoms. The number of non-ortho nitro benzene ring substituents is 1. The molecule has 0 unspecified atom stereocenters. The molecule has 2 fully saturated rings. The second kappa shape index (κ2) is 16.9. The van der Waals surface area contributed by atoms with Crippen LogP contribution in [0.25, 0.3) is 0 Å². The normalized spacial score (nSPS) is 22.5. The number of hydrogen-bond donors (Lipinski definition) is 6. The highest BCUT2D eigenvalue weighted by Crippen LogP contribution is 2.45. The molecule has 272 valence electrons. The molecule has 0 aromatic heterocycles. The summed E-state index contributed by atoms with van der Waals surface area (Å²) in [6, 6.07) is 3.56. The predicted octanol–water partition coefficient (Wildman–Crippen LogP) is 1.18. The fourth-order valence-corrected chi connectivity index (χ4v) is 6.17. The average molecular weight is 723 g/mol. The molecule has 0 saturated carbocycles. The Kier molecular flexibility index (Phi) is 12.5. The van der Waals surface area contributed by atoms with Crippen molar-refractivity contribution >= 4 is 34.8 Å². The van der Waals surface area contributed by atoms with Gasteiger partial charge in [-0.15, -0.1) is 0 Å². The Morgan fingerprint density at radius 2 is 1.32 bits per heavy atom. The molecule has 0 spiro atoms. The van der Waals surface area contributed by atoms with E-state index in [9.17, 15) is 40.0 Å². The van der Waals surface area contributed by atoms with Crippen LogP contribution >= 0.6 is 11.6 Å². The van der Waals surface area contributed by atoms with Crippen LogP contribution in [-0.4, -0.2) is 110 Å². The van der Waals surface area contributed by atoms with E-state index in [-0.39, 0.29) is 76.4 Å². The van der Waals surface area contributed by atoms with E-state index in [0.29, 0.717) is 39.3 Å². The van der Waals surface area contributed by atoms with Gasteiger partial charge in [0.1, 0.15) is 13.2 Å². The third-order valence-corrected chi connectivity index (χ3v) is 9.06. The number of nitrogens with one attached hydrogen (secondary N) is 4. The predicted molar refractivity (Wildman–Crippen MR) is 176 cm³/mol. The van der Waals surface area contributed by atoms with Crippen LogP contribution in [0.1, 0.15) is 40.0 Å². The molecule has 4 atom stereocenters. The van der Waals surface area contributed by atoms with Gasteiger partial charge >= 0.3 is 0 Å². The number of hydrogen-bond acceptors (Lipinski definition) is 14. The van der Waals surface area contributed by atoms with Crippen LogP contribution in [0.2, 0.25) is 5.02 Å². The van der Waals surface area contributed by atoms with E-state index in [4.69, 9.17) is 30.5 Å². The highest BCUT2D eigenvalue weighted by atomic mass is 35.5. The number of nitro benzene ring substituents is 2. The van der Waals surface area contributed by atoms with Crippen molar-refractivity contribution in [3.8, 4) is 23.0 Å². The van der Waals surface area contributed by atoms with E-state index >= 15 is 0 Å². The van der Waals surface area contributed by atoms with Gasteiger partial charge in [0.25, 0.3) is 23.2 Å². The fraction of sp³-hybridized carbons (Fsp3) is 0.548. The molecule has 4 aliphatic rings. The zero-order valence-corrected chi connectivity index (χ0v) is 27.7. The fourth-order valence-electron chi connectivity index (χ4n) is 5.91. The summed E-state index contributed by atoms with van der Waals surface area (Å²) < 4.78 is 21.9. The molecule has 6 rings (SSSR count). The van der Waals surface area contributed by atoms with Crippen molar-refractivity contribution in [2.75, 3.05) is 65.7 Å². The number of aliphatic hydroxyl groups is 2. The molecule has 4 heterocycles. The van der Waals surface area contributed by atoms with Gasteiger partial charge in [0.05, 0.1) is 52.5 Å². The van der Waals surface area contributed by atoms with Crippen LogP contribution in [0.5, 0.6) is 23.0 Å². The smallest absolute Gasteiger partial charge is 0.292 e. The third-order valence-electron chi connectivity index (χ3n) is 8.69. The molecule has 0 bridgehead atoms. The first-order chi connectivity index (χ1) is 24.0. The number of piperidine rings is 2. The SMILES string of the molecule is O=C(NC[C@@H]1CCNC[C@H]1O)c1cc([N+](=O)[O-])c(Cl)c2c1OCCO2.O=C(NC[C@@H]1CCNC[C@H]1O)c1cc([N+](=O)[O-])cc2c1OCCCO2. The Balaban J connectivity index is 0.000000194. The van der Waals surface area contributed by atoms with E-state index in [2.05, 4.69) is 21.3 Å². The first-order valence-corrected chi connectivity index (χ1v) is 16.6. The maximum absolute atomic E-state index is 12.6.